The Morgan fingerprint density at radius 3 is 2.84 bits per heavy atom. The van der Waals surface area contributed by atoms with E-state index in [0.29, 0.717) is 5.75 Å². The number of hydrogen-bond donors (Lipinski definition) is 1. The molecule has 0 spiro atoms. The highest BCUT2D eigenvalue weighted by Crippen LogP contribution is 2.28. The van der Waals surface area contributed by atoms with Crippen molar-refractivity contribution in [2.45, 2.75) is 18.2 Å². The van der Waals surface area contributed by atoms with Crippen LogP contribution in [0.15, 0.2) is 29.2 Å². The number of halogens is 2. The normalized spacial score (nSPS) is 10.2. The molecule has 0 fully saturated rings. The molecular formula is C13H13ClFNO2S. The fourth-order valence-electron chi connectivity index (χ4n) is 1.66. The average Bonchev–Trinajstić information content (AvgIpc) is 2.29. The number of aliphatic carboxylic acids is 1. The lowest BCUT2D eigenvalue weighted by Gasteiger charge is -2.07. The van der Waals surface area contributed by atoms with Crippen molar-refractivity contribution >= 4 is 41.0 Å². The number of hydrogen-bond acceptors (Lipinski definition) is 3. The number of carboxylic acids is 1. The molecule has 2 rings (SSSR count). The maximum Gasteiger partial charge on any atom is 0.304 e. The van der Waals surface area contributed by atoms with Gasteiger partial charge in [0.05, 0.1) is 11.9 Å². The molecule has 1 heterocycles. The summed E-state index contributed by atoms with van der Waals surface area (Å²) in [4.78, 5) is 15.7. The van der Waals surface area contributed by atoms with Crippen molar-refractivity contribution in [3.63, 3.8) is 0 Å². The van der Waals surface area contributed by atoms with Crippen LogP contribution in [0.5, 0.6) is 0 Å². The van der Waals surface area contributed by atoms with Crippen molar-refractivity contribution in [3.8, 4) is 0 Å². The first-order valence-corrected chi connectivity index (χ1v) is 6.46. The second-order valence-corrected chi connectivity index (χ2v) is 5.05. The maximum atomic E-state index is 13.2. The number of nitrogens with zero attached hydrogens (tertiary/aromatic N) is 1. The smallest absolute Gasteiger partial charge is 0.304 e. The van der Waals surface area contributed by atoms with E-state index in [9.17, 15) is 9.18 Å². The Balaban J connectivity index is 0.00000180. The van der Waals surface area contributed by atoms with Crippen LogP contribution in [0, 0.1) is 12.7 Å². The van der Waals surface area contributed by atoms with Crippen LogP contribution in [0.25, 0.3) is 10.9 Å². The van der Waals surface area contributed by atoms with Crippen molar-refractivity contribution in [1.82, 2.24) is 4.98 Å². The minimum absolute atomic E-state index is 0. The van der Waals surface area contributed by atoms with E-state index in [4.69, 9.17) is 5.11 Å². The minimum atomic E-state index is -0.830. The van der Waals surface area contributed by atoms with Gasteiger partial charge < -0.3 is 5.11 Å². The summed E-state index contributed by atoms with van der Waals surface area (Å²) < 4.78 is 13.2. The Hall–Kier alpha value is -1.33. The monoisotopic (exact) mass is 301 g/mol. The lowest BCUT2D eigenvalue weighted by molar-refractivity contribution is -0.136. The van der Waals surface area contributed by atoms with Crippen LogP contribution in [-0.4, -0.2) is 21.8 Å². The van der Waals surface area contributed by atoms with Crippen LogP contribution in [0.2, 0.25) is 0 Å². The summed E-state index contributed by atoms with van der Waals surface area (Å²) in [6.45, 7) is 1.87. The first-order chi connectivity index (χ1) is 8.56. The lowest BCUT2D eigenvalue weighted by Crippen LogP contribution is -1.96. The molecule has 0 saturated carbocycles. The number of fused-ring (bicyclic) bond motifs is 1. The van der Waals surface area contributed by atoms with Gasteiger partial charge in [-0.3, -0.25) is 9.78 Å². The maximum absolute atomic E-state index is 13.2. The van der Waals surface area contributed by atoms with Crippen LogP contribution in [-0.2, 0) is 4.79 Å². The molecule has 0 unspecified atom stereocenters. The van der Waals surface area contributed by atoms with Gasteiger partial charge in [0.2, 0.25) is 0 Å². The highest BCUT2D eigenvalue weighted by atomic mass is 35.5. The summed E-state index contributed by atoms with van der Waals surface area (Å²) in [6.07, 6.45) is 0.0862. The van der Waals surface area contributed by atoms with Crippen LogP contribution in [0.4, 0.5) is 4.39 Å². The number of carbonyl (C=O) groups is 1. The second kappa shape index (κ2) is 6.73. The number of carboxylic acid groups (broad SMARTS) is 1. The number of thioether (sulfide) groups is 1. The van der Waals surface area contributed by atoms with Crippen LogP contribution >= 0.6 is 24.2 Å². The van der Waals surface area contributed by atoms with Crippen LogP contribution in [0.1, 0.15) is 12.1 Å². The van der Waals surface area contributed by atoms with Gasteiger partial charge in [0.1, 0.15) is 5.82 Å². The zero-order valence-corrected chi connectivity index (χ0v) is 11.9. The number of aryl methyl sites for hydroxylation is 1. The van der Waals surface area contributed by atoms with E-state index in [-0.39, 0.29) is 24.6 Å². The summed E-state index contributed by atoms with van der Waals surface area (Å²) in [5, 5.41) is 9.35. The third kappa shape index (κ3) is 4.08. The van der Waals surface area contributed by atoms with E-state index >= 15 is 0 Å². The van der Waals surface area contributed by atoms with E-state index in [0.717, 1.165) is 21.5 Å². The first-order valence-electron chi connectivity index (χ1n) is 5.48. The molecule has 0 atom stereocenters. The fraction of sp³-hybridized carbons (Fsp3) is 0.231. The molecule has 102 valence electrons. The zero-order valence-electron chi connectivity index (χ0n) is 10.2. The zero-order chi connectivity index (χ0) is 13.1. The lowest BCUT2D eigenvalue weighted by atomic mass is 10.2. The molecule has 0 saturated heterocycles. The molecule has 0 radical (unpaired) electrons. The Kier molecular flexibility index (Phi) is 5.57. The topological polar surface area (TPSA) is 50.2 Å². The van der Waals surface area contributed by atoms with Crippen molar-refractivity contribution in [1.29, 1.82) is 0 Å². The predicted octanol–water partition coefficient (Wildman–Crippen LogP) is 3.67. The van der Waals surface area contributed by atoms with Gasteiger partial charge in [-0.05, 0) is 31.2 Å². The number of rotatable bonds is 4. The average molecular weight is 302 g/mol. The number of benzene rings is 1. The molecule has 0 aliphatic heterocycles. The van der Waals surface area contributed by atoms with E-state index in [2.05, 4.69) is 4.98 Å². The minimum Gasteiger partial charge on any atom is -0.481 e. The molecule has 0 bridgehead atoms. The quantitative estimate of drug-likeness (QED) is 0.875. The van der Waals surface area contributed by atoms with Crippen molar-refractivity contribution < 1.29 is 14.3 Å². The van der Waals surface area contributed by atoms with Crippen molar-refractivity contribution in [2.24, 2.45) is 0 Å². The van der Waals surface area contributed by atoms with Gasteiger partial charge in [-0.2, -0.15) is 0 Å². The van der Waals surface area contributed by atoms with E-state index in [1.54, 1.807) is 6.07 Å². The molecule has 19 heavy (non-hydrogen) atoms. The van der Waals surface area contributed by atoms with E-state index in [1.807, 2.05) is 13.0 Å². The van der Waals surface area contributed by atoms with Gasteiger partial charge in [0, 0.05) is 21.7 Å². The summed E-state index contributed by atoms with van der Waals surface area (Å²) in [5.74, 6) is -0.679. The third-order valence-corrected chi connectivity index (χ3v) is 3.49. The molecular weight excluding hydrogens is 289 g/mol. The molecule has 6 heteroatoms. The standard InChI is InChI=1S/C13H12FNO2S.ClH/c1-8-6-12(18-5-4-13(16)17)10-7-9(14)2-3-11(10)15-8;/h2-3,6-7H,4-5H2,1H3,(H,16,17);1H. The molecule has 0 aliphatic rings. The van der Waals surface area contributed by atoms with Gasteiger partial charge in [0.25, 0.3) is 0 Å². The Bertz CT molecular complexity index is 606. The Labute approximate surface area is 120 Å². The number of pyridine rings is 1. The molecule has 0 aliphatic carbocycles. The van der Waals surface area contributed by atoms with Crippen LogP contribution < -0.4 is 0 Å². The van der Waals surface area contributed by atoms with Crippen LogP contribution in [0.3, 0.4) is 0 Å². The largest absolute Gasteiger partial charge is 0.481 e. The molecule has 0 amide bonds. The van der Waals surface area contributed by atoms with Gasteiger partial charge >= 0.3 is 5.97 Å². The van der Waals surface area contributed by atoms with E-state index in [1.165, 1.54) is 23.9 Å². The van der Waals surface area contributed by atoms with Gasteiger partial charge in [0.15, 0.2) is 0 Å². The summed E-state index contributed by atoms with van der Waals surface area (Å²) in [7, 11) is 0. The Morgan fingerprint density at radius 2 is 2.16 bits per heavy atom. The van der Waals surface area contributed by atoms with Crippen molar-refractivity contribution in [3.05, 3.63) is 35.8 Å². The van der Waals surface area contributed by atoms with Gasteiger partial charge in [-0.25, -0.2) is 4.39 Å². The Morgan fingerprint density at radius 1 is 1.42 bits per heavy atom. The fourth-order valence-corrected chi connectivity index (χ4v) is 2.73. The van der Waals surface area contributed by atoms with Gasteiger partial charge in [-0.15, -0.1) is 24.2 Å². The highest BCUT2D eigenvalue weighted by molar-refractivity contribution is 7.99. The van der Waals surface area contributed by atoms with E-state index < -0.39 is 5.97 Å². The SMILES string of the molecule is Cc1cc(SCCC(=O)O)c2cc(F)ccc2n1.Cl. The van der Waals surface area contributed by atoms with Gasteiger partial charge in [-0.1, -0.05) is 0 Å². The molecule has 1 aromatic heterocycles. The van der Waals surface area contributed by atoms with Crippen molar-refractivity contribution in [2.75, 3.05) is 5.75 Å². The molecule has 1 aromatic carbocycles. The highest BCUT2D eigenvalue weighted by Gasteiger charge is 2.07. The number of aromatic nitrogens is 1. The summed E-state index contributed by atoms with van der Waals surface area (Å²) in [5.41, 5.74) is 1.57. The molecule has 1 N–H and O–H groups in total. The summed E-state index contributed by atoms with van der Waals surface area (Å²) in [6, 6.07) is 6.30. The molecule has 3 nitrogen and oxygen atoms in total. The molecule has 2 aromatic rings. The first kappa shape index (κ1) is 15.7. The predicted molar refractivity (Wildman–Crippen MR) is 76.7 cm³/mol. The summed E-state index contributed by atoms with van der Waals surface area (Å²) >= 11 is 1.41. The second-order valence-electron chi connectivity index (χ2n) is 3.92. The third-order valence-electron chi connectivity index (χ3n) is 2.43.